The second-order valence-electron chi connectivity index (χ2n) is 8.93. The largest absolute Gasteiger partial charge is 0.395 e. The first kappa shape index (κ1) is 31.4. The van der Waals surface area contributed by atoms with E-state index in [1.54, 1.807) is 0 Å². The Bertz CT molecular complexity index is 808. The summed E-state index contributed by atoms with van der Waals surface area (Å²) in [6.45, 7) is 16.6. The molecule has 2 N–H and O–H groups in total. The van der Waals surface area contributed by atoms with Gasteiger partial charge in [0, 0.05) is 42.1 Å². The van der Waals surface area contributed by atoms with E-state index in [0.29, 0.717) is 16.6 Å². The van der Waals surface area contributed by atoms with Gasteiger partial charge in [0.05, 0.1) is 16.6 Å². The van der Waals surface area contributed by atoms with Crippen molar-refractivity contribution in [3.8, 4) is 11.1 Å². The third-order valence-corrected chi connectivity index (χ3v) is 8.95. The van der Waals surface area contributed by atoms with Crippen LogP contribution in [0.3, 0.4) is 0 Å². The van der Waals surface area contributed by atoms with Crippen molar-refractivity contribution in [1.29, 1.82) is 0 Å². The molecule has 0 amide bonds. The van der Waals surface area contributed by atoms with E-state index in [1.807, 2.05) is 37.4 Å². The van der Waals surface area contributed by atoms with Crippen molar-refractivity contribution >= 4 is 23.7 Å². The van der Waals surface area contributed by atoms with Crippen LogP contribution in [0, 0.1) is 6.07 Å². The average molecular weight is 546 g/mol. The van der Waals surface area contributed by atoms with Crippen LogP contribution >= 0.6 is 7.92 Å². The molecule has 0 radical (unpaired) electrons. The van der Waals surface area contributed by atoms with Crippen molar-refractivity contribution in [3.05, 3.63) is 54.6 Å². The summed E-state index contributed by atoms with van der Waals surface area (Å²) in [5.41, 5.74) is 3.45. The zero-order valence-electron chi connectivity index (χ0n) is 19.6. The fourth-order valence-corrected chi connectivity index (χ4v) is 4.87. The van der Waals surface area contributed by atoms with Crippen LogP contribution in [-0.4, -0.2) is 43.3 Å². The van der Waals surface area contributed by atoms with Gasteiger partial charge in [0.25, 0.3) is 10.1 Å². The number of nitrogens with one attached hydrogen (secondary N) is 1. The van der Waals surface area contributed by atoms with Crippen LogP contribution in [-0.2, 0) is 30.5 Å². The molecule has 0 bridgehead atoms. The van der Waals surface area contributed by atoms with Crippen molar-refractivity contribution in [3.63, 3.8) is 0 Å². The van der Waals surface area contributed by atoms with Crippen molar-refractivity contribution < 1.29 is 33.4 Å². The quantitative estimate of drug-likeness (QED) is 0.206. The molecule has 0 atom stereocenters. The number of para-hydroxylation sites is 1. The minimum absolute atomic E-state index is 0. The summed E-state index contributed by atoms with van der Waals surface area (Å²) in [6, 6.07) is 19.4. The number of rotatable bonds is 2. The van der Waals surface area contributed by atoms with Gasteiger partial charge in [-0.25, -0.2) is 0 Å². The standard InChI is InChI=1S/C13H12N.C9H21P.CH4O3S.Pd/c1-14-13-10-6-5-9-12(13)11-7-3-2-4-8-11;1-8(2,3)10(7)9(4,5)6;1-5(2,3)4;/h2-7,9-10,14H,1H3;1-7H3;1H3,(H,2,3,4);/q-1;;;/p+1. The molecule has 30 heavy (non-hydrogen) atoms. The SMILES string of the molecule is CNc1ccccc1-c1[c-]cccc1.CS(=O)(=O)O.C[PH+](C(C)(C)C)C(C)(C)C.[Pd]. The summed E-state index contributed by atoms with van der Waals surface area (Å²) in [7, 11) is -1.96. The molecule has 0 saturated carbocycles. The van der Waals surface area contributed by atoms with E-state index in [9.17, 15) is 8.42 Å². The summed E-state index contributed by atoms with van der Waals surface area (Å²) in [6.07, 6.45) is 0.715. The fourth-order valence-electron chi connectivity index (χ4n) is 2.62. The van der Waals surface area contributed by atoms with E-state index in [0.717, 1.165) is 11.3 Å². The Kier molecular flexibility index (Phi) is 14.3. The minimum atomic E-state index is -3.67. The normalized spacial score (nSPS) is 11.3. The molecule has 4 nitrogen and oxygen atoms in total. The monoisotopic (exact) mass is 545 g/mol. The molecule has 7 heteroatoms. The van der Waals surface area contributed by atoms with Gasteiger partial charge in [-0.1, -0.05) is 23.8 Å². The van der Waals surface area contributed by atoms with E-state index >= 15 is 0 Å². The first-order valence-electron chi connectivity index (χ1n) is 9.58. The van der Waals surface area contributed by atoms with Crippen LogP contribution in [0.25, 0.3) is 11.1 Å². The number of anilines is 1. The van der Waals surface area contributed by atoms with Crippen molar-refractivity contribution in [2.45, 2.75) is 51.9 Å². The Hall–Kier alpha value is -0.758. The molecule has 2 aromatic rings. The first-order valence-corrected chi connectivity index (χ1v) is 13.4. The molecule has 0 heterocycles. The van der Waals surface area contributed by atoms with E-state index in [-0.39, 0.29) is 28.3 Å². The molecule has 0 aliphatic heterocycles. The van der Waals surface area contributed by atoms with Gasteiger partial charge in [0.15, 0.2) is 0 Å². The maximum absolute atomic E-state index is 9.19. The Morgan fingerprint density at radius 1 is 0.933 bits per heavy atom. The third kappa shape index (κ3) is 14.3. The van der Waals surface area contributed by atoms with Gasteiger partial charge in [-0.2, -0.15) is 8.42 Å². The van der Waals surface area contributed by atoms with Crippen LogP contribution in [0.1, 0.15) is 41.5 Å². The maximum atomic E-state index is 9.19. The van der Waals surface area contributed by atoms with Crippen LogP contribution < -0.4 is 5.32 Å². The van der Waals surface area contributed by atoms with E-state index in [4.69, 9.17) is 4.55 Å². The second kappa shape index (κ2) is 13.6. The zero-order chi connectivity index (χ0) is 22.9. The summed E-state index contributed by atoms with van der Waals surface area (Å²) >= 11 is 0. The van der Waals surface area contributed by atoms with Gasteiger partial charge >= 0.3 is 0 Å². The van der Waals surface area contributed by atoms with Crippen molar-refractivity contribution in [1.82, 2.24) is 0 Å². The molecule has 2 rings (SSSR count). The van der Waals surface area contributed by atoms with E-state index in [2.05, 4.69) is 77.8 Å². The Morgan fingerprint density at radius 2 is 1.37 bits per heavy atom. The van der Waals surface area contributed by atoms with Gasteiger partial charge in [-0.15, -0.1) is 35.9 Å². The smallest absolute Gasteiger partial charge is 0.261 e. The fraction of sp³-hybridized carbons (Fsp3) is 0.478. The van der Waals surface area contributed by atoms with E-state index in [1.165, 1.54) is 5.56 Å². The van der Waals surface area contributed by atoms with Crippen LogP contribution in [0.5, 0.6) is 0 Å². The Labute approximate surface area is 199 Å². The molecule has 0 aliphatic rings. The molecule has 174 valence electrons. The van der Waals surface area contributed by atoms with Gasteiger partial charge in [0.2, 0.25) is 0 Å². The topological polar surface area (TPSA) is 66.4 Å². The molecular weight excluding hydrogens is 508 g/mol. The molecule has 0 saturated heterocycles. The predicted molar refractivity (Wildman–Crippen MR) is 131 cm³/mol. The number of hydrogen-bond donors (Lipinski definition) is 2. The molecule has 0 spiro atoms. The van der Waals surface area contributed by atoms with Gasteiger partial charge < -0.3 is 5.32 Å². The predicted octanol–water partition coefficient (Wildman–Crippen LogP) is 6.12. The van der Waals surface area contributed by atoms with Crippen LogP contribution in [0.2, 0.25) is 0 Å². The average Bonchev–Trinajstić information content (AvgIpc) is 2.59. The van der Waals surface area contributed by atoms with Crippen LogP contribution in [0.4, 0.5) is 5.69 Å². The Balaban J connectivity index is 0. The van der Waals surface area contributed by atoms with Gasteiger partial charge in [-0.05, 0) is 53.3 Å². The maximum Gasteiger partial charge on any atom is 0.261 e. The van der Waals surface area contributed by atoms with Crippen molar-refractivity contribution in [2.24, 2.45) is 0 Å². The summed E-state index contributed by atoms with van der Waals surface area (Å²) in [5.74, 6) is 0. The third-order valence-electron chi connectivity index (χ3n) is 4.45. The summed E-state index contributed by atoms with van der Waals surface area (Å²) in [5, 5.41) is 4.26. The molecular formula is C23H38NO3PPdS. The Morgan fingerprint density at radius 3 is 1.70 bits per heavy atom. The van der Waals surface area contributed by atoms with Gasteiger partial charge in [-0.3, -0.25) is 4.55 Å². The minimum Gasteiger partial charge on any atom is -0.395 e. The van der Waals surface area contributed by atoms with Crippen LogP contribution in [0.15, 0.2) is 48.5 Å². The molecule has 0 unspecified atom stereocenters. The van der Waals surface area contributed by atoms with Gasteiger partial charge in [0.1, 0.15) is 0 Å². The molecule has 0 aromatic heterocycles. The summed E-state index contributed by atoms with van der Waals surface area (Å²) in [4.78, 5) is 0. The van der Waals surface area contributed by atoms with E-state index < -0.39 is 10.1 Å². The second-order valence-corrected chi connectivity index (χ2v) is 14.6. The number of benzene rings is 2. The molecule has 0 aliphatic carbocycles. The first-order chi connectivity index (χ1) is 13.1. The van der Waals surface area contributed by atoms with Crippen molar-refractivity contribution in [2.75, 3.05) is 25.3 Å². The zero-order valence-corrected chi connectivity index (χ0v) is 23.0. The summed E-state index contributed by atoms with van der Waals surface area (Å²) < 4.78 is 25.9. The molecule has 2 aromatic carbocycles. The number of hydrogen-bond acceptors (Lipinski definition) is 3. The molecule has 0 fully saturated rings.